The van der Waals surface area contributed by atoms with E-state index in [1.165, 1.54) is 6.20 Å². The summed E-state index contributed by atoms with van der Waals surface area (Å²) in [6.45, 7) is 5.90. The van der Waals surface area contributed by atoms with Crippen molar-refractivity contribution >= 4 is 34.9 Å². The first-order chi connectivity index (χ1) is 8.58. The van der Waals surface area contributed by atoms with Crippen LogP contribution in [0.1, 0.15) is 20.3 Å². The van der Waals surface area contributed by atoms with Gasteiger partial charge in [-0.1, -0.05) is 23.2 Å². The van der Waals surface area contributed by atoms with Gasteiger partial charge >= 0.3 is 0 Å². The Kier molecular flexibility index (Phi) is 6.22. The minimum absolute atomic E-state index is 0.123. The van der Waals surface area contributed by atoms with Gasteiger partial charge in [-0.05, 0) is 19.9 Å². The summed E-state index contributed by atoms with van der Waals surface area (Å²) in [6, 6.07) is 1.62. The van der Waals surface area contributed by atoms with E-state index in [1.54, 1.807) is 11.0 Å². The largest absolute Gasteiger partial charge is 0.368 e. The first-order valence-corrected chi connectivity index (χ1v) is 6.66. The number of carbonyl (C=O) groups is 1. The van der Waals surface area contributed by atoms with Gasteiger partial charge < -0.3 is 10.2 Å². The van der Waals surface area contributed by atoms with Crippen molar-refractivity contribution in [1.29, 1.82) is 0 Å². The van der Waals surface area contributed by atoms with Gasteiger partial charge in [0.15, 0.2) is 0 Å². The molecule has 1 amide bonds. The third-order valence-corrected chi connectivity index (χ3v) is 3.05. The number of nitrogens with zero attached hydrogens (tertiary/aromatic N) is 2. The Bertz CT molecular complexity index is 408. The van der Waals surface area contributed by atoms with E-state index in [0.29, 0.717) is 28.8 Å². The van der Waals surface area contributed by atoms with Crippen LogP contribution in [0.5, 0.6) is 0 Å². The summed E-state index contributed by atoms with van der Waals surface area (Å²) in [5, 5.41) is 3.97. The molecule has 0 bridgehead atoms. The van der Waals surface area contributed by atoms with E-state index in [1.807, 2.05) is 13.8 Å². The number of amides is 1. The molecule has 18 heavy (non-hydrogen) atoms. The van der Waals surface area contributed by atoms with Crippen LogP contribution in [-0.4, -0.2) is 35.4 Å². The molecule has 1 aromatic heterocycles. The number of carbonyl (C=O) groups excluding carboxylic acids is 1. The van der Waals surface area contributed by atoms with Crippen molar-refractivity contribution in [2.45, 2.75) is 20.3 Å². The molecule has 0 unspecified atom stereocenters. The monoisotopic (exact) mass is 289 g/mol. The maximum absolute atomic E-state index is 11.7. The van der Waals surface area contributed by atoms with Gasteiger partial charge in [-0.15, -0.1) is 0 Å². The van der Waals surface area contributed by atoms with Gasteiger partial charge in [-0.3, -0.25) is 4.79 Å². The Labute approximate surface area is 117 Å². The number of anilines is 1. The molecule has 1 N–H and O–H groups in total. The van der Waals surface area contributed by atoms with E-state index in [-0.39, 0.29) is 5.91 Å². The molecular formula is C12H17Cl2N3O. The van der Waals surface area contributed by atoms with Crippen molar-refractivity contribution in [3.8, 4) is 0 Å². The van der Waals surface area contributed by atoms with Crippen LogP contribution in [0.3, 0.4) is 0 Å². The molecule has 4 nitrogen and oxygen atoms in total. The fourth-order valence-electron chi connectivity index (χ4n) is 1.57. The Hall–Kier alpha value is -1.000. The molecule has 0 aliphatic rings. The number of hydrogen-bond acceptors (Lipinski definition) is 3. The summed E-state index contributed by atoms with van der Waals surface area (Å²) >= 11 is 11.7. The van der Waals surface area contributed by atoms with Crippen LogP contribution < -0.4 is 5.32 Å². The van der Waals surface area contributed by atoms with E-state index >= 15 is 0 Å². The normalized spacial score (nSPS) is 10.2. The first kappa shape index (κ1) is 15.1. The van der Waals surface area contributed by atoms with Crippen LogP contribution in [0, 0.1) is 0 Å². The van der Waals surface area contributed by atoms with E-state index in [2.05, 4.69) is 10.3 Å². The Balaban J connectivity index is 2.44. The predicted octanol–water partition coefficient (Wildman–Crippen LogP) is 3.06. The summed E-state index contributed by atoms with van der Waals surface area (Å²) in [6.07, 6.45) is 1.93. The van der Waals surface area contributed by atoms with Gasteiger partial charge in [0.05, 0.1) is 10.0 Å². The highest BCUT2D eigenvalue weighted by atomic mass is 35.5. The summed E-state index contributed by atoms with van der Waals surface area (Å²) in [7, 11) is 0. The maximum Gasteiger partial charge on any atom is 0.224 e. The molecule has 100 valence electrons. The molecule has 1 rings (SSSR count). The molecular weight excluding hydrogens is 273 g/mol. The molecule has 0 aliphatic heterocycles. The number of aromatic nitrogens is 1. The van der Waals surface area contributed by atoms with Crippen molar-refractivity contribution in [3.05, 3.63) is 22.3 Å². The highest BCUT2D eigenvalue weighted by Gasteiger charge is 2.09. The van der Waals surface area contributed by atoms with Crippen LogP contribution >= 0.6 is 23.2 Å². The lowest BCUT2D eigenvalue weighted by Gasteiger charge is -2.18. The molecule has 0 radical (unpaired) electrons. The van der Waals surface area contributed by atoms with Crippen molar-refractivity contribution in [3.63, 3.8) is 0 Å². The minimum atomic E-state index is 0.123. The highest BCUT2D eigenvalue weighted by Crippen LogP contribution is 2.22. The molecule has 0 saturated heterocycles. The van der Waals surface area contributed by atoms with Gasteiger partial charge in [0.2, 0.25) is 5.91 Å². The maximum atomic E-state index is 11.7. The third kappa shape index (κ3) is 4.35. The number of rotatable bonds is 6. The number of pyridine rings is 1. The zero-order valence-corrected chi connectivity index (χ0v) is 12.1. The summed E-state index contributed by atoms with van der Waals surface area (Å²) in [5.74, 6) is 0.672. The van der Waals surface area contributed by atoms with Gasteiger partial charge in [0, 0.05) is 32.3 Å². The van der Waals surface area contributed by atoms with Crippen LogP contribution in [0.25, 0.3) is 0 Å². The summed E-state index contributed by atoms with van der Waals surface area (Å²) in [5.41, 5.74) is 0. The third-order valence-electron chi connectivity index (χ3n) is 2.56. The van der Waals surface area contributed by atoms with Gasteiger partial charge in [0.25, 0.3) is 0 Å². The molecule has 0 aliphatic carbocycles. The van der Waals surface area contributed by atoms with Crippen LogP contribution in [0.2, 0.25) is 10.0 Å². The van der Waals surface area contributed by atoms with E-state index in [0.717, 1.165) is 13.1 Å². The Morgan fingerprint density at radius 3 is 2.61 bits per heavy atom. The molecule has 0 saturated carbocycles. The molecule has 1 aromatic rings. The average Bonchev–Trinajstić information content (AvgIpc) is 2.33. The first-order valence-electron chi connectivity index (χ1n) is 5.91. The Morgan fingerprint density at radius 1 is 1.39 bits per heavy atom. The smallest absolute Gasteiger partial charge is 0.224 e. The standard InChI is InChI=1S/C12H17Cl2N3O/c1-3-17(4-2)11(18)5-6-15-12-10(14)7-9(13)8-16-12/h7-8H,3-6H2,1-2H3,(H,15,16). The molecule has 0 atom stereocenters. The quantitative estimate of drug-likeness (QED) is 0.875. The second-order valence-corrected chi connectivity index (χ2v) is 4.57. The fraction of sp³-hybridized carbons (Fsp3) is 0.500. The van der Waals surface area contributed by atoms with Crippen molar-refractivity contribution in [2.24, 2.45) is 0 Å². The zero-order chi connectivity index (χ0) is 13.5. The summed E-state index contributed by atoms with van der Waals surface area (Å²) in [4.78, 5) is 17.6. The lowest BCUT2D eigenvalue weighted by molar-refractivity contribution is -0.130. The molecule has 1 heterocycles. The second kappa shape index (κ2) is 7.44. The van der Waals surface area contributed by atoms with Crippen LogP contribution in [0.4, 0.5) is 5.82 Å². The highest BCUT2D eigenvalue weighted by molar-refractivity contribution is 6.35. The van der Waals surface area contributed by atoms with Gasteiger partial charge in [-0.2, -0.15) is 0 Å². The van der Waals surface area contributed by atoms with Crippen molar-refractivity contribution in [2.75, 3.05) is 25.0 Å². The van der Waals surface area contributed by atoms with Crippen molar-refractivity contribution in [1.82, 2.24) is 9.88 Å². The average molecular weight is 290 g/mol. The lowest BCUT2D eigenvalue weighted by atomic mass is 10.3. The topological polar surface area (TPSA) is 45.2 Å². The van der Waals surface area contributed by atoms with Gasteiger partial charge in [0.1, 0.15) is 5.82 Å². The van der Waals surface area contributed by atoms with Crippen molar-refractivity contribution < 1.29 is 4.79 Å². The fourth-order valence-corrected chi connectivity index (χ4v) is 2.01. The number of nitrogens with one attached hydrogen (secondary N) is 1. The second-order valence-electron chi connectivity index (χ2n) is 3.73. The van der Waals surface area contributed by atoms with Crippen LogP contribution in [-0.2, 0) is 4.79 Å². The molecule has 0 aromatic carbocycles. The number of hydrogen-bond donors (Lipinski definition) is 1. The van der Waals surface area contributed by atoms with E-state index < -0.39 is 0 Å². The number of halogens is 2. The predicted molar refractivity (Wildman–Crippen MR) is 75.3 cm³/mol. The lowest BCUT2D eigenvalue weighted by Crippen LogP contribution is -2.31. The Morgan fingerprint density at radius 2 is 2.06 bits per heavy atom. The molecule has 0 fully saturated rings. The van der Waals surface area contributed by atoms with E-state index in [4.69, 9.17) is 23.2 Å². The molecule has 0 spiro atoms. The minimum Gasteiger partial charge on any atom is -0.368 e. The molecule has 6 heteroatoms. The zero-order valence-electron chi connectivity index (χ0n) is 10.5. The van der Waals surface area contributed by atoms with E-state index in [9.17, 15) is 4.79 Å². The van der Waals surface area contributed by atoms with Gasteiger partial charge in [-0.25, -0.2) is 4.98 Å². The van der Waals surface area contributed by atoms with Crippen LogP contribution in [0.15, 0.2) is 12.3 Å². The SMILES string of the molecule is CCN(CC)C(=O)CCNc1ncc(Cl)cc1Cl. The summed E-state index contributed by atoms with van der Waals surface area (Å²) < 4.78 is 0.